The van der Waals surface area contributed by atoms with Crippen molar-refractivity contribution < 1.29 is 9.53 Å². The highest BCUT2D eigenvalue weighted by atomic mass is 16.5. The molecule has 0 bridgehead atoms. The van der Waals surface area contributed by atoms with Gasteiger partial charge in [0.1, 0.15) is 6.04 Å². The van der Waals surface area contributed by atoms with Crippen molar-refractivity contribution >= 4 is 11.5 Å². The van der Waals surface area contributed by atoms with Crippen molar-refractivity contribution in [3.05, 3.63) is 53.2 Å². The molecular formula is C19H24N2O2. The van der Waals surface area contributed by atoms with Gasteiger partial charge in [0.2, 0.25) is 5.91 Å². The molecule has 2 N–H and O–H groups in total. The summed E-state index contributed by atoms with van der Waals surface area (Å²) < 4.78 is 5.64. The Kier molecular flexibility index (Phi) is 4.64. The van der Waals surface area contributed by atoms with Crippen LogP contribution in [0.3, 0.4) is 0 Å². The van der Waals surface area contributed by atoms with Crippen molar-refractivity contribution in [2.45, 2.75) is 38.8 Å². The number of nitrogens with two attached hydrogens (primary N) is 1. The van der Waals surface area contributed by atoms with Gasteiger partial charge in [0.25, 0.3) is 0 Å². The van der Waals surface area contributed by atoms with E-state index in [2.05, 4.69) is 18.2 Å². The SMILES string of the molecule is CC(C)OCCN1C(=O)[C@@H](N)c2ccccc2C2=C1C=CCC2. The second-order valence-corrected chi connectivity index (χ2v) is 6.28. The first-order valence-corrected chi connectivity index (χ1v) is 8.27. The van der Waals surface area contributed by atoms with Crippen molar-refractivity contribution in [3.63, 3.8) is 0 Å². The van der Waals surface area contributed by atoms with Crippen molar-refractivity contribution in [2.75, 3.05) is 13.2 Å². The summed E-state index contributed by atoms with van der Waals surface area (Å²) in [6.07, 6.45) is 6.26. The monoisotopic (exact) mass is 312 g/mol. The third-order valence-corrected chi connectivity index (χ3v) is 4.36. The Labute approximate surface area is 137 Å². The number of rotatable bonds is 4. The fourth-order valence-electron chi connectivity index (χ4n) is 3.25. The van der Waals surface area contributed by atoms with Crippen LogP contribution in [0.1, 0.15) is 43.9 Å². The Hall–Kier alpha value is -1.91. The van der Waals surface area contributed by atoms with Gasteiger partial charge in [-0.1, -0.05) is 30.3 Å². The first-order chi connectivity index (χ1) is 11.1. The van der Waals surface area contributed by atoms with E-state index in [9.17, 15) is 4.79 Å². The van der Waals surface area contributed by atoms with Crippen LogP contribution in [0.25, 0.3) is 5.57 Å². The normalized spacial score (nSPS) is 20.6. The molecule has 1 aromatic carbocycles. The van der Waals surface area contributed by atoms with Gasteiger partial charge in [-0.25, -0.2) is 0 Å². The Bertz CT molecular complexity index is 661. The van der Waals surface area contributed by atoms with Crippen LogP contribution in [0, 0.1) is 0 Å². The molecule has 1 aliphatic carbocycles. The Morgan fingerprint density at radius 2 is 2.13 bits per heavy atom. The number of fused-ring (bicyclic) bond motifs is 2. The van der Waals surface area contributed by atoms with Gasteiger partial charge in [-0.05, 0) is 49.5 Å². The van der Waals surface area contributed by atoms with E-state index in [0.717, 1.165) is 29.7 Å². The topological polar surface area (TPSA) is 55.6 Å². The Morgan fingerprint density at radius 3 is 2.91 bits per heavy atom. The summed E-state index contributed by atoms with van der Waals surface area (Å²) in [5.74, 6) is -0.0543. The largest absolute Gasteiger partial charge is 0.377 e. The zero-order valence-corrected chi connectivity index (χ0v) is 13.8. The Morgan fingerprint density at radius 1 is 1.35 bits per heavy atom. The van der Waals surface area contributed by atoms with E-state index in [-0.39, 0.29) is 12.0 Å². The average molecular weight is 312 g/mol. The molecule has 1 heterocycles. The summed E-state index contributed by atoms with van der Waals surface area (Å²) in [6.45, 7) is 5.03. The highest BCUT2D eigenvalue weighted by Gasteiger charge is 2.32. The van der Waals surface area contributed by atoms with Crippen molar-refractivity contribution in [1.82, 2.24) is 4.90 Å². The van der Waals surface area contributed by atoms with Crippen LogP contribution in [-0.2, 0) is 9.53 Å². The van der Waals surface area contributed by atoms with E-state index in [4.69, 9.17) is 10.5 Å². The third-order valence-electron chi connectivity index (χ3n) is 4.36. The lowest BCUT2D eigenvalue weighted by Crippen LogP contribution is -2.39. The Balaban J connectivity index is 2.01. The van der Waals surface area contributed by atoms with Crippen LogP contribution in [-0.4, -0.2) is 30.1 Å². The van der Waals surface area contributed by atoms with Crippen LogP contribution in [0.4, 0.5) is 0 Å². The summed E-state index contributed by atoms with van der Waals surface area (Å²) in [6, 6.07) is 7.38. The van der Waals surface area contributed by atoms with Crippen molar-refractivity contribution in [1.29, 1.82) is 0 Å². The number of benzene rings is 1. The molecule has 23 heavy (non-hydrogen) atoms. The minimum Gasteiger partial charge on any atom is -0.377 e. The summed E-state index contributed by atoms with van der Waals surface area (Å²) >= 11 is 0. The summed E-state index contributed by atoms with van der Waals surface area (Å²) in [4.78, 5) is 14.7. The maximum absolute atomic E-state index is 12.9. The van der Waals surface area contributed by atoms with E-state index in [1.807, 2.05) is 32.0 Å². The first-order valence-electron chi connectivity index (χ1n) is 8.27. The van der Waals surface area contributed by atoms with Crippen LogP contribution in [0.5, 0.6) is 0 Å². The second kappa shape index (κ2) is 6.69. The predicted octanol–water partition coefficient (Wildman–Crippen LogP) is 3.01. The lowest BCUT2D eigenvalue weighted by atomic mass is 9.91. The molecule has 0 spiro atoms. The summed E-state index contributed by atoms with van der Waals surface area (Å²) in [5.41, 5.74) is 10.5. The van der Waals surface area contributed by atoms with Gasteiger partial charge in [-0.3, -0.25) is 4.79 Å². The van der Waals surface area contributed by atoms with E-state index in [1.165, 1.54) is 5.57 Å². The number of allylic oxidation sites excluding steroid dienone is 3. The van der Waals surface area contributed by atoms with E-state index < -0.39 is 6.04 Å². The maximum Gasteiger partial charge on any atom is 0.248 e. The number of nitrogens with zero attached hydrogens (tertiary/aromatic N) is 1. The minimum atomic E-state index is -0.621. The third kappa shape index (κ3) is 3.09. The lowest BCUT2D eigenvalue weighted by Gasteiger charge is -2.27. The fourth-order valence-corrected chi connectivity index (χ4v) is 3.25. The average Bonchev–Trinajstić information content (AvgIpc) is 2.65. The molecule has 0 aromatic heterocycles. The maximum atomic E-state index is 12.9. The number of hydrogen-bond acceptors (Lipinski definition) is 3. The standard InChI is InChI=1S/C19H24N2O2/c1-13(2)23-12-11-21-17-10-6-5-8-15(17)14-7-3-4-9-16(14)18(20)19(21)22/h3-4,6-7,9-10,13,18H,5,8,11-12,20H2,1-2H3/t18-/m0/s1. The van der Waals surface area contributed by atoms with Gasteiger partial charge >= 0.3 is 0 Å². The molecule has 1 atom stereocenters. The van der Waals surface area contributed by atoms with E-state index in [1.54, 1.807) is 4.90 Å². The zero-order valence-electron chi connectivity index (χ0n) is 13.8. The van der Waals surface area contributed by atoms with E-state index >= 15 is 0 Å². The second-order valence-electron chi connectivity index (χ2n) is 6.28. The molecule has 4 nitrogen and oxygen atoms in total. The summed E-state index contributed by atoms with van der Waals surface area (Å²) in [7, 11) is 0. The molecular weight excluding hydrogens is 288 g/mol. The molecule has 4 heteroatoms. The van der Waals surface area contributed by atoms with Gasteiger partial charge in [0.05, 0.1) is 12.7 Å². The molecule has 0 radical (unpaired) electrons. The first kappa shape index (κ1) is 16.0. The number of carbonyl (C=O) groups excluding carboxylic acids is 1. The van der Waals surface area contributed by atoms with Crippen molar-refractivity contribution in [2.24, 2.45) is 5.73 Å². The smallest absolute Gasteiger partial charge is 0.248 e. The number of amides is 1. The molecule has 122 valence electrons. The molecule has 0 saturated heterocycles. The predicted molar refractivity (Wildman–Crippen MR) is 91.5 cm³/mol. The van der Waals surface area contributed by atoms with Gasteiger partial charge < -0.3 is 15.4 Å². The van der Waals surface area contributed by atoms with Crippen LogP contribution < -0.4 is 5.73 Å². The van der Waals surface area contributed by atoms with Gasteiger partial charge in [-0.2, -0.15) is 0 Å². The fraction of sp³-hybridized carbons (Fsp3) is 0.421. The van der Waals surface area contributed by atoms with Gasteiger partial charge in [-0.15, -0.1) is 0 Å². The highest BCUT2D eigenvalue weighted by Crippen LogP contribution is 2.37. The number of hydrogen-bond donors (Lipinski definition) is 1. The van der Waals surface area contributed by atoms with Gasteiger partial charge in [0, 0.05) is 12.2 Å². The molecule has 0 fully saturated rings. The highest BCUT2D eigenvalue weighted by molar-refractivity contribution is 5.92. The lowest BCUT2D eigenvalue weighted by molar-refractivity contribution is -0.131. The molecule has 2 aliphatic rings. The van der Waals surface area contributed by atoms with Gasteiger partial charge in [0.15, 0.2) is 0 Å². The van der Waals surface area contributed by atoms with Crippen LogP contribution >= 0.6 is 0 Å². The van der Waals surface area contributed by atoms with Crippen LogP contribution in [0.15, 0.2) is 42.1 Å². The minimum absolute atomic E-state index is 0.0543. The van der Waals surface area contributed by atoms with Crippen LogP contribution in [0.2, 0.25) is 0 Å². The molecule has 1 amide bonds. The van der Waals surface area contributed by atoms with E-state index in [0.29, 0.717) is 13.2 Å². The number of ether oxygens (including phenoxy) is 1. The quantitative estimate of drug-likeness (QED) is 0.930. The number of carbonyl (C=O) groups is 1. The summed E-state index contributed by atoms with van der Waals surface area (Å²) in [5, 5.41) is 0. The molecule has 1 aromatic rings. The van der Waals surface area contributed by atoms with Crippen molar-refractivity contribution in [3.8, 4) is 0 Å². The molecule has 1 aliphatic heterocycles. The molecule has 3 rings (SSSR count). The zero-order chi connectivity index (χ0) is 16.4. The molecule has 0 saturated carbocycles. The molecule has 0 unspecified atom stereocenters.